The first-order valence-electron chi connectivity index (χ1n) is 8.44. The van der Waals surface area contributed by atoms with Crippen LogP contribution in [0, 0.1) is 17.5 Å². The Balaban J connectivity index is 1.87. The summed E-state index contributed by atoms with van der Waals surface area (Å²) in [7, 11) is 1.50. The van der Waals surface area contributed by atoms with Crippen LogP contribution < -0.4 is 10.6 Å². The monoisotopic (exact) mass is 447 g/mol. The molecule has 2 aromatic rings. The maximum atomic E-state index is 13.6. The fourth-order valence-corrected chi connectivity index (χ4v) is 2.82. The van der Waals surface area contributed by atoms with Crippen LogP contribution in [0.2, 0.25) is 10.0 Å². The number of amides is 2. The number of benzene rings is 2. The third-order valence-electron chi connectivity index (χ3n) is 3.96. The fourth-order valence-electron chi connectivity index (χ4n) is 2.51. The first kappa shape index (κ1) is 23.0. The minimum atomic E-state index is -1.67. The summed E-state index contributed by atoms with van der Waals surface area (Å²) in [6, 6.07) is 6.26. The molecule has 2 N–H and O–H groups in total. The molecule has 0 saturated carbocycles. The summed E-state index contributed by atoms with van der Waals surface area (Å²) in [5.74, 6) is -5.58. The van der Waals surface area contributed by atoms with Gasteiger partial charge < -0.3 is 10.6 Å². The van der Waals surface area contributed by atoms with Crippen LogP contribution in [-0.2, 0) is 9.59 Å². The van der Waals surface area contributed by atoms with Crippen LogP contribution in [0.15, 0.2) is 30.3 Å². The number of likely N-dealkylation sites (N-methyl/N-ethyl adjacent to an activating group) is 1. The first-order valence-corrected chi connectivity index (χ1v) is 9.20. The minimum Gasteiger partial charge on any atom is -0.348 e. The molecule has 5 nitrogen and oxygen atoms in total. The first-order chi connectivity index (χ1) is 13.6. The van der Waals surface area contributed by atoms with E-state index >= 15 is 0 Å². The summed E-state index contributed by atoms with van der Waals surface area (Å²) in [4.78, 5) is 25.5. The van der Waals surface area contributed by atoms with Crippen LogP contribution in [0.1, 0.15) is 18.5 Å². The number of anilines is 1. The van der Waals surface area contributed by atoms with Gasteiger partial charge in [-0.3, -0.25) is 14.5 Å². The van der Waals surface area contributed by atoms with Gasteiger partial charge >= 0.3 is 0 Å². The summed E-state index contributed by atoms with van der Waals surface area (Å²) in [5, 5.41) is 5.66. The average molecular weight is 448 g/mol. The third kappa shape index (κ3) is 6.35. The molecular weight excluding hydrogens is 430 g/mol. The van der Waals surface area contributed by atoms with Gasteiger partial charge in [0.25, 0.3) is 0 Å². The van der Waals surface area contributed by atoms with Crippen molar-refractivity contribution < 1.29 is 22.8 Å². The highest BCUT2D eigenvalue weighted by molar-refractivity contribution is 6.42. The van der Waals surface area contributed by atoms with Gasteiger partial charge in [-0.25, -0.2) is 13.2 Å². The molecule has 2 amide bonds. The van der Waals surface area contributed by atoms with Crippen molar-refractivity contribution in [1.29, 1.82) is 0 Å². The van der Waals surface area contributed by atoms with Gasteiger partial charge in [0.2, 0.25) is 11.8 Å². The normalized spacial score (nSPS) is 12.0. The van der Waals surface area contributed by atoms with Gasteiger partial charge in [-0.05, 0) is 43.8 Å². The molecule has 0 fully saturated rings. The molecule has 0 spiro atoms. The Labute approximate surface area is 175 Å². The molecule has 2 aromatic carbocycles. The largest absolute Gasteiger partial charge is 0.348 e. The van der Waals surface area contributed by atoms with Crippen molar-refractivity contribution in [2.75, 3.05) is 25.5 Å². The van der Waals surface area contributed by atoms with Crippen LogP contribution in [0.3, 0.4) is 0 Å². The van der Waals surface area contributed by atoms with Gasteiger partial charge in [-0.2, -0.15) is 0 Å². The molecule has 1 atom stereocenters. The molecular formula is C19H18Cl2F3N3O2. The Morgan fingerprint density at radius 3 is 2.31 bits per heavy atom. The third-order valence-corrected chi connectivity index (χ3v) is 4.70. The van der Waals surface area contributed by atoms with Gasteiger partial charge in [-0.1, -0.05) is 29.3 Å². The van der Waals surface area contributed by atoms with Crippen LogP contribution in [0.5, 0.6) is 0 Å². The van der Waals surface area contributed by atoms with Gasteiger partial charge in [0.15, 0.2) is 17.5 Å². The Morgan fingerprint density at radius 1 is 1.00 bits per heavy atom. The summed E-state index contributed by atoms with van der Waals surface area (Å²) in [6.45, 7) is 1.36. The molecule has 0 aliphatic heterocycles. The van der Waals surface area contributed by atoms with E-state index in [1.807, 2.05) is 0 Å². The molecule has 0 bridgehead atoms. The van der Waals surface area contributed by atoms with E-state index in [9.17, 15) is 22.8 Å². The molecule has 10 heteroatoms. The van der Waals surface area contributed by atoms with Gasteiger partial charge in [0.1, 0.15) is 0 Å². The van der Waals surface area contributed by atoms with Crippen molar-refractivity contribution in [3.05, 3.63) is 63.4 Å². The van der Waals surface area contributed by atoms with Crippen molar-refractivity contribution >= 4 is 40.7 Å². The van der Waals surface area contributed by atoms with Crippen molar-refractivity contribution in [1.82, 2.24) is 10.2 Å². The number of nitrogens with zero attached hydrogens (tertiary/aromatic N) is 1. The summed E-state index contributed by atoms with van der Waals surface area (Å²) < 4.78 is 39.7. The van der Waals surface area contributed by atoms with E-state index in [0.717, 1.165) is 11.6 Å². The predicted octanol–water partition coefficient (Wildman–Crippen LogP) is 4.16. The second-order valence-corrected chi connectivity index (χ2v) is 7.22. The zero-order valence-electron chi connectivity index (χ0n) is 15.5. The molecule has 29 heavy (non-hydrogen) atoms. The zero-order chi connectivity index (χ0) is 21.7. The molecule has 0 unspecified atom stereocenters. The molecule has 0 radical (unpaired) electrons. The number of hydrogen-bond donors (Lipinski definition) is 2. The molecule has 2 rings (SSSR count). The summed E-state index contributed by atoms with van der Waals surface area (Å²) in [5.41, 5.74) is 0.266. The van der Waals surface area contributed by atoms with Gasteiger partial charge in [-0.15, -0.1) is 0 Å². The number of halogens is 5. The predicted molar refractivity (Wildman–Crippen MR) is 105 cm³/mol. The highest BCUT2D eigenvalue weighted by Crippen LogP contribution is 2.25. The van der Waals surface area contributed by atoms with E-state index < -0.39 is 29.0 Å². The second-order valence-electron chi connectivity index (χ2n) is 6.41. The quantitative estimate of drug-likeness (QED) is 0.626. The van der Waals surface area contributed by atoms with Crippen molar-refractivity contribution in [2.45, 2.75) is 13.0 Å². The smallest absolute Gasteiger partial charge is 0.238 e. The lowest BCUT2D eigenvalue weighted by atomic mass is 10.1. The van der Waals surface area contributed by atoms with E-state index in [0.29, 0.717) is 16.1 Å². The van der Waals surface area contributed by atoms with Crippen LogP contribution in [0.25, 0.3) is 0 Å². The number of nitrogens with one attached hydrogen (secondary N) is 2. The Hall–Kier alpha value is -2.29. The van der Waals surface area contributed by atoms with E-state index in [1.54, 1.807) is 25.1 Å². The number of carbonyl (C=O) groups excluding carboxylic acids is 2. The molecule has 0 heterocycles. The van der Waals surface area contributed by atoms with Crippen LogP contribution >= 0.6 is 23.2 Å². The number of rotatable bonds is 7. The maximum absolute atomic E-state index is 13.6. The lowest BCUT2D eigenvalue weighted by molar-refractivity contribution is -0.123. The fraction of sp³-hybridized carbons (Fsp3) is 0.263. The Morgan fingerprint density at radius 2 is 1.66 bits per heavy atom. The van der Waals surface area contributed by atoms with Crippen LogP contribution in [0.4, 0.5) is 18.9 Å². The van der Waals surface area contributed by atoms with Crippen molar-refractivity contribution in [2.24, 2.45) is 0 Å². The van der Waals surface area contributed by atoms with E-state index in [1.165, 1.54) is 11.9 Å². The molecule has 0 saturated heterocycles. The van der Waals surface area contributed by atoms with E-state index in [2.05, 4.69) is 10.6 Å². The zero-order valence-corrected chi connectivity index (χ0v) is 17.0. The minimum absolute atomic E-state index is 0.126. The standard InChI is InChI=1S/C19H18Cl2F3N3O2/c1-10(11-3-4-12(20)13(21)7-11)25-16(28)8-27(2)9-17(29)26-15-6-5-14(22)18(23)19(15)24/h3-7,10H,8-9H2,1-2H3,(H,25,28)(H,26,29)/t10-/m0/s1. The highest BCUT2D eigenvalue weighted by atomic mass is 35.5. The SMILES string of the molecule is C[C@H](NC(=O)CN(C)CC(=O)Nc1ccc(F)c(F)c1F)c1ccc(Cl)c(Cl)c1. The van der Waals surface area contributed by atoms with Crippen LogP contribution in [-0.4, -0.2) is 36.9 Å². The topological polar surface area (TPSA) is 61.4 Å². The van der Waals surface area contributed by atoms with Crippen molar-refractivity contribution in [3.8, 4) is 0 Å². The summed E-state index contributed by atoms with van der Waals surface area (Å²) in [6.07, 6.45) is 0. The number of hydrogen-bond acceptors (Lipinski definition) is 3. The van der Waals surface area contributed by atoms with Gasteiger partial charge in [0.05, 0.1) is 34.9 Å². The molecule has 0 aliphatic rings. The average Bonchev–Trinajstić information content (AvgIpc) is 2.64. The van der Waals surface area contributed by atoms with E-state index in [-0.39, 0.29) is 25.0 Å². The lowest BCUT2D eigenvalue weighted by Gasteiger charge is -2.19. The Kier molecular flexibility index (Phi) is 7.89. The second kappa shape index (κ2) is 9.96. The van der Waals surface area contributed by atoms with E-state index in [4.69, 9.17) is 23.2 Å². The lowest BCUT2D eigenvalue weighted by Crippen LogP contribution is -2.39. The Bertz CT molecular complexity index is 928. The maximum Gasteiger partial charge on any atom is 0.238 e. The molecule has 0 aliphatic carbocycles. The number of carbonyl (C=O) groups is 2. The molecule has 0 aromatic heterocycles. The van der Waals surface area contributed by atoms with Gasteiger partial charge in [0, 0.05) is 0 Å². The summed E-state index contributed by atoms with van der Waals surface area (Å²) >= 11 is 11.8. The molecule has 156 valence electrons. The van der Waals surface area contributed by atoms with Crippen molar-refractivity contribution in [3.63, 3.8) is 0 Å². The highest BCUT2D eigenvalue weighted by Gasteiger charge is 2.17.